The van der Waals surface area contributed by atoms with Gasteiger partial charge in [-0.25, -0.2) is 0 Å². The standard InChI is InChI=1S/C29H41N3O4/c1-22-15-23(2)17-26(16-22)36-21-29(35)19-30(13-14-32(20-29)25(4)33)18-28(34)9-11-31(12-10-28)27-8-6-5-7-24(27)3/h5-8,15-17,34-35H,9-14,18-21H2,1-4H3/t29-/m1/s1. The molecule has 2 aromatic carbocycles. The third-order valence-corrected chi connectivity index (χ3v) is 7.51. The number of carbonyl (C=O) groups excluding carboxylic acids is 1. The van der Waals surface area contributed by atoms with E-state index in [1.165, 1.54) is 18.2 Å². The van der Waals surface area contributed by atoms with E-state index in [0.29, 0.717) is 44.8 Å². The first-order chi connectivity index (χ1) is 17.0. The number of hydrogen-bond acceptors (Lipinski definition) is 6. The van der Waals surface area contributed by atoms with Crippen molar-refractivity contribution in [2.75, 3.05) is 57.3 Å². The molecule has 7 nitrogen and oxygen atoms in total. The molecule has 2 fully saturated rings. The number of rotatable bonds is 6. The third kappa shape index (κ3) is 6.58. The molecule has 2 aromatic rings. The van der Waals surface area contributed by atoms with Gasteiger partial charge in [-0.2, -0.15) is 0 Å². The van der Waals surface area contributed by atoms with Gasteiger partial charge in [-0.1, -0.05) is 24.3 Å². The number of nitrogens with zero attached hydrogens (tertiary/aromatic N) is 3. The number of hydrogen-bond donors (Lipinski definition) is 2. The van der Waals surface area contributed by atoms with Gasteiger partial charge in [0.05, 0.1) is 12.1 Å². The van der Waals surface area contributed by atoms with Crippen molar-refractivity contribution in [1.82, 2.24) is 9.80 Å². The van der Waals surface area contributed by atoms with E-state index in [4.69, 9.17) is 4.74 Å². The van der Waals surface area contributed by atoms with Gasteiger partial charge in [0.2, 0.25) is 5.91 Å². The van der Waals surface area contributed by atoms with Crippen molar-refractivity contribution in [3.63, 3.8) is 0 Å². The van der Waals surface area contributed by atoms with Crippen molar-refractivity contribution in [1.29, 1.82) is 0 Å². The first kappa shape index (κ1) is 26.5. The molecule has 2 aliphatic heterocycles. The number of β-amino-alcohol motifs (C(OH)–C–C–N with tert-alkyl or cyclic N) is 2. The highest BCUT2D eigenvalue weighted by Crippen LogP contribution is 2.30. The molecule has 2 saturated heterocycles. The van der Waals surface area contributed by atoms with Crippen molar-refractivity contribution in [2.45, 2.75) is 51.7 Å². The van der Waals surface area contributed by atoms with Crippen LogP contribution in [-0.4, -0.2) is 89.5 Å². The number of amides is 1. The summed E-state index contributed by atoms with van der Waals surface area (Å²) in [5.41, 5.74) is 2.60. The van der Waals surface area contributed by atoms with Crippen LogP contribution in [0.1, 0.15) is 36.5 Å². The Hall–Kier alpha value is -2.61. The van der Waals surface area contributed by atoms with Crippen molar-refractivity contribution in [2.24, 2.45) is 0 Å². The van der Waals surface area contributed by atoms with Gasteiger partial charge in [0, 0.05) is 51.9 Å². The molecule has 0 radical (unpaired) electrons. The zero-order valence-corrected chi connectivity index (χ0v) is 22.2. The van der Waals surface area contributed by atoms with Crippen LogP contribution in [0.4, 0.5) is 5.69 Å². The monoisotopic (exact) mass is 495 g/mol. The van der Waals surface area contributed by atoms with Crippen LogP contribution in [0.5, 0.6) is 5.75 Å². The fourth-order valence-electron chi connectivity index (χ4n) is 5.63. The van der Waals surface area contributed by atoms with E-state index < -0.39 is 11.2 Å². The fraction of sp³-hybridized carbons (Fsp3) is 0.552. The summed E-state index contributed by atoms with van der Waals surface area (Å²) in [6, 6.07) is 14.4. The second-order valence-corrected chi connectivity index (χ2v) is 11.0. The van der Waals surface area contributed by atoms with Gasteiger partial charge in [0.15, 0.2) is 0 Å². The van der Waals surface area contributed by atoms with Crippen LogP contribution in [-0.2, 0) is 4.79 Å². The lowest BCUT2D eigenvalue weighted by Gasteiger charge is -2.43. The molecule has 0 saturated carbocycles. The van der Waals surface area contributed by atoms with E-state index in [-0.39, 0.29) is 19.1 Å². The average molecular weight is 496 g/mol. The number of aliphatic hydroxyl groups is 2. The summed E-state index contributed by atoms with van der Waals surface area (Å²) >= 11 is 0. The molecule has 0 aliphatic carbocycles. The molecule has 2 N–H and O–H groups in total. The normalized spacial score (nSPS) is 22.8. The van der Waals surface area contributed by atoms with Crippen molar-refractivity contribution >= 4 is 11.6 Å². The van der Waals surface area contributed by atoms with Crippen LogP contribution in [0.25, 0.3) is 0 Å². The Kier molecular flexibility index (Phi) is 7.93. The predicted molar refractivity (Wildman–Crippen MR) is 143 cm³/mol. The van der Waals surface area contributed by atoms with E-state index in [0.717, 1.165) is 24.2 Å². The molecule has 196 valence electrons. The molecular formula is C29H41N3O4. The minimum Gasteiger partial charge on any atom is -0.490 e. The van der Waals surface area contributed by atoms with E-state index in [1.807, 2.05) is 32.0 Å². The first-order valence-electron chi connectivity index (χ1n) is 13.0. The topological polar surface area (TPSA) is 76.5 Å². The number of aryl methyl sites for hydroxylation is 3. The number of carbonyl (C=O) groups is 1. The zero-order chi connectivity index (χ0) is 25.9. The maximum atomic E-state index is 12.3. The Bertz CT molecular complexity index is 1050. The molecule has 4 rings (SSSR count). The zero-order valence-electron chi connectivity index (χ0n) is 22.2. The molecule has 7 heteroatoms. The Morgan fingerprint density at radius 1 is 0.917 bits per heavy atom. The molecule has 0 aromatic heterocycles. The summed E-state index contributed by atoms with van der Waals surface area (Å²) in [5.74, 6) is 0.653. The third-order valence-electron chi connectivity index (χ3n) is 7.51. The lowest BCUT2D eigenvalue weighted by atomic mass is 9.89. The summed E-state index contributed by atoms with van der Waals surface area (Å²) in [6.45, 7) is 11.5. The van der Waals surface area contributed by atoms with Crippen LogP contribution in [0.2, 0.25) is 0 Å². The number of anilines is 1. The number of benzene rings is 2. The van der Waals surface area contributed by atoms with Crippen LogP contribution < -0.4 is 9.64 Å². The maximum absolute atomic E-state index is 12.3. The van der Waals surface area contributed by atoms with E-state index in [1.54, 1.807) is 4.90 Å². The molecule has 0 bridgehead atoms. The molecule has 0 spiro atoms. The molecule has 2 aliphatic rings. The van der Waals surface area contributed by atoms with Crippen LogP contribution in [0, 0.1) is 20.8 Å². The highest BCUT2D eigenvalue weighted by Gasteiger charge is 2.41. The van der Waals surface area contributed by atoms with Crippen LogP contribution >= 0.6 is 0 Å². The largest absolute Gasteiger partial charge is 0.490 e. The second-order valence-electron chi connectivity index (χ2n) is 11.0. The molecular weight excluding hydrogens is 454 g/mol. The Morgan fingerprint density at radius 2 is 1.58 bits per heavy atom. The van der Waals surface area contributed by atoms with Crippen LogP contribution in [0.15, 0.2) is 42.5 Å². The summed E-state index contributed by atoms with van der Waals surface area (Å²) < 4.78 is 6.05. The summed E-state index contributed by atoms with van der Waals surface area (Å²) in [4.78, 5) is 18.4. The molecule has 36 heavy (non-hydrogen) atoms. The first-order valence-corrected chi connectivity index (χ1v) is 13.0. The fourth-order valence-corrected chi connectivity index (χ4v) is 5.63. The average Bonchev–Trinajstić information content (AvgIpc) is 2.97. The van der Waals surface area contributed by atoms with Gasteiger partial charge in [-0.05, 0) is 68.5 Å². The van der Waals surface area contributed by atoms with E-state index in [2.05, 4.69) is 41.0 Å². The molecule has 1 atom stereocenters. The van der Waals surface area contributed by atoms with E-state index in [9.17, 15) is 15.0 Å². The van der Waals surface area contributed by atoms with E-state index >= 15 is 0 Å². The summed E-state index contributed by atoms with van der Waals surface area (Å²) in [6.07, 6.45) is 1.32. The van der Waals surface area contributed by atoms with Crippen molar-refractivity contribution in [3.8, 4) is 5.75 Å². The van der Waals surface area contributed by atoms with Gasteiger partial charge >= 0.3 is 0 Å². The SMILES string of the molecule is CC(=O)N1CCN(CC2(O)CCN(c3ccccc3C)CC2)C[C@](O)(COc2cc(C)cc(C)c2)C1. The minimum atomic E-state index is -1.24. The highest BCUT2D eigenvalue weighted by molar-refractivity contribution is 5.73. The maximum Gasteiger partial charge on any atom is 0.219 e. The second kappa shape index (κ2) is 10.8. The van der Waals surface area contributed by atoms with Gasteiger partial charge in [0.25, 0.3) is 0 Å². The van der Waals surface area contributed by atoms with Crippen LogP contribution in [0.3, 0.4) is 0 Å². The molecule has 2 heterocycles. The Morgan fingerprint density at radius 3 is 2.22 bits per heavy atom. The Labute approximate surface area is 215 Å². The highest BCUT2D eigenvalue weighted by atomic mass is 16.5. The lowest BCUT2D eigenvalue weighted by Crippen LogP contribution is -2.55. The number of ether oxygens (including phenoxy) is 1. The molecule has 0 unspecified atom stereocenters. The lowest BCUT2D eigenvalue weighted by molar-refractivity contribution is -0.132. The molecule has 1 amide bonds. The summed E-state index contributed by atoms with van der Waals surface area (Å²) in [7, 11) is 0. The quantitative estimate of drug-likeness (QED) is 0.642. The minimum absolute atomic E-state index is 0.0630. The van der Waals surface area contributed by atoms with Gasteiger partial charge in [-0.3, -0.25) is 9.69 Å². The van der Waals surface area contributed by atoms with Crippen molar-refractivity contribution < 1.29 is 19.7 Å². The predicted octanol–water partition coefficient (Wildman–Crippen LogP) is 2.92. The Balaban J connectivity index is 1.42. The van der Waals surface area contributed by atoms with Crippen molar-refractivity contribution in [3.05, 3.63) is 59.2 Å². The smallest absolute Gasteiger partial charge is 0.219 e. The number of para-hydroxylation sites is 1. The van der Waals surface area contributed by atoms with Gasteiger partial charge < -0.3 is 24.7 Å². The summed E-state index contributed by atoms with van der Waals surface area (Å²) in [5, 5.41) is 23.1. The van der Waals surface area contributed by atoms with Gasteiger partial charge in [0.1, 0.15) is 18.0 Å². The number of piperidine rings is 1. The van der Waals surface area contributed by atoms with Gasteiger partial charge in [-0.15, -0.1) is 0 Å².